The predicted molar refractivity (Wildman–Crippen MR) is 145 cm³/mol. The second kappa shape index (κ2) is 11.9. The van der Waals surface area contributed by atoms with Gasteiger partial charge in [-0.1, -0.05) is 19.4 Å². The third kappa shape index (κ3) is 5.89. The number of likely N-dealkylation sites (tertiary alicyclic amines) is 1. The van der Waals surface area contributed by atoms with Crippen molar-refractivity contribution < 1.29 is 0 Å². The summed E-state index contributed by atoms with van der Waals surface area (Å²) in [6.45, 7) is 7.09. The maximum absolute atomic E-state index is 5.10. The van der Waals surface area contributed by atoms with Crippen LogP contribution in [0.4, 0.5) is 0 Å². The third-order valence-electron chi connectivity index (χ3n) is 7.69. The van der Waals surface area contributed by atoms with Crippen LogP contribution in [0.15, 0.2) is 43.0 Å². The Bertz CT molecular complexity index is 1210. The van der Waals surface area contributed by atoms with E-state index in [0.29, 0.717) is 5.92 Å². The Kier molecular flexibility index (Phi) is 8.16. The molecule has 3 aromatic heterocycles. The van der Waals surface area contributed by atoms with Crippen molar-refractivity contribution in [3.8, 4) is 0 Å². The number of hydrogen-bond acceptors (Lipinski definition) is 4. The zero-order valence-corrected chi connectivity index (χ0v) is 22.0. The van der Waals surface area contributed by atoms with Gasteiger partial charge in [-0.05, 0) is 75.4 Å². The first kappa shape index (κ1) is 24.8. The standard InChI is InChI=1S/C29H41N7/c1-3-15-36-26-20-23(24(21-27-30-12-13-31-27)22-29-32-14-19-34(29)2)10-11-25(26)33-28(36)9-5-8-18-35-16-6-4-7-17-35/h10-14,19-20,24H,3-9,15-18,21-22H2,1-2H3,(H,30,31). The third-order valence-corrected chi connectivity index (χ3v) is 7.69. The average molecular weight is 488 g/mol. The van der Waals surface area contributed by atoms with Crippen LogP contribution in [0.3, 0.4) is 0 Å². The van der Waals surface area contributed by atoms with Crippen molar-refractivity contribution in [2.75, 3.05) is 19.6 Å². The second-order valence-electron chi connectivity index (χ2n) is 10.4. The van der Waals surface area contributed by atoms with Gasteiger partial charge in [0.25, 0.3) is 0 Å². The fourth-order valence-corrected chi connectivity index (χ4v) is 5.67. The Morgan fingerprint density at radius 2 is 1.86 bits per heavy atom. The average Bonchev–Trinajstić information content (AvgIpc) is 3.64. The van der Waals surface area contributed by atoms with Crippen molar-refractivity contribution in [1.82, 2.24) is 34.0 Å². The molecule has 0 aliphatic carbocycles. The van der Waals surface area contributed by atoms with E-state index in [1.54, 1.807) is 0 Å². The van der Waals surface area contributed by atoms with Gasteiger partial charge in [0, 0.05) is 57.6 Å². The van der Waals surface area contributed by atoms with Gasteiger partial charge < -0.3 is 19.0 Å². The number of aryl methyl sites for hydroxylation is 3. The van der Waals surface area contributed by atoms with Gasteiger partial charge >= 0.3 is 0 Å². The van der Waals surface area contributed by atoms with Crippen molar-refractivity contribution in [3.05, 3.63) is 66.0 Å². The van der Waals surface area contributed by atoms with Gasteiger partial charge in [0.1, 0.15) is 17.5 Å². The summed E-state index contributed by atoms with van der Waals surface area (Å²) < 4.78 is 4.60. The molecule has 1 fully saturated rings. The molecule has 1 atom stereocenters. The number of H-pyrrole nitrogens is 1. The summed E-state index contributed by atoms with van der Waals surface area (Å²) in [5, 5.41) is 0. The van der Waals surface area contributed by atoms with Crippen LogP contribution < -0.4 is 0 Å². The van der Waals surface area contributed by atoms with E-state index in [0.717, 1.165) is 49.4 Å². The number of aromatic nitrogens is 6. The van der Waals surface area contributed by atoms with E-state index in [2.05, 4.69) is 61.2 Å². The minimum absolute atomic E-state index is 0.291. The van der Waals surface area contributed by atoms with Crippen LogP contribution in [0.25, 0.3) is 11.0 Å². The lowest BCUT2D eigenvalue weighted by Gasteiger charge is -2.26. The van der Waals surface area contributed by atoms with Gasteiger partial charge in [-0.2, -0.15) is 0 Å². The van der Waals surface area contributed by atoms with E-state index >= 15 is 0 Å². The summed E-state index contributed by atoms with van der Waals surface area (Å²) in [6, 6.07) is 6.87. The predicted octanol–water partition coefficient (Wildman–Crippen LogP) is 5.28. The van der Waals surface area contributed by atoms with Crippen LogP contribution in [0.2, 0.25) is 0 Å². The molecule has 1 saturated heterocycles. The SMILES string of the molecule is CCCn1c(CCCCN2CCCCC2)nc2ccc(C(Cc3ncc[nH]3)Cc3nccn3C)cc21. The van der Waals surface area contributed by atoms with Gasteiger partial charge in [0.15, 0.2) is 0 Å². The van der Waals surface area contributed by atoms with Crippen molar-refractivity contribution in [1.29, 1.82) is 0 Å². The number of imidazole rings is 3. The number of benzene rings is 1. The van der Waals surface area contributed by atoms with E-state index in [1.165, 1.54) is 68.6 Å². The Morgan fingerprint density at radius 3 is 2.61 bits per heavy atom. The molecule has 0 amide bonds. The van der Waals surface area contributed by atoms with Crippen LogP contribution in [0, 0.1) is 0 Å². The zero-order chi connectivity index (χ0) is 24.7. The highest BCUT2D eigenvalue weighted by Gasteiger charge is 2.19. The first-order valence-electron chi connectivity index (χ1n) is 13.9. The highest BCUT2D eigenvalue weighted by atomic mass is 15.1. The van der Waals surface area contributed by atoms with Gasteiger partial charge in [0.05, 0.1) is 11.0 Å². The topological polar surface area (TPSA) is 67.6 Å². The molecule has 0 spiro atoms. The summed E-state index contributed by atoms with van der Waals surface area (Å²) in [5.74, 6) is 3.66. The Hall–Kier alpha value is -2.93. The van der Waals surface area contributed by atoms with Crippen LogP contribution in [-0.2, 0) is 32.9 Å². The molecule has 5 rings (SSSR count). The number of fused-ring (bicyclic) bond motifs is 1. The molecular formula is C29H41N7. The van der Waals surface area contributed by atoms with E-state index in [9.17, 15) is 0 Å². The molecule has 7 nitrogen and oxygen atoms in total. The summed E-state index contributed by atoms with van der Waals surface area (Å²) in [4.78, 5) is 20.2. The van der Waals surface area contributed by atoms with Crippen molar-refractivity contribution in [2.24, 2.45) is 7.05 Å². The molecule has 36 heavy (non-hydrogen) atoms. The number of unbranched alkanes of at least 4 members (excludes halogenated alkanes) is 1. The molecule has 192 valence electrons. The number of aromatic amines is 1. The molecule has 1 aliphatic rings. The maximum atomic E-state index is 5.10. The Balaban J connectivity index is 1.35. The van der Waals surface area contributed by atoms with E-state index in [-0.39, 0.29) is 0 Å². The summed E-state index contributed by atoms with van der Waals surface area (Å²) in [6.07, 6.45) is 18.2. The Labute approximate surface area is 215 Å². The van der Waals surface area contributed by atoms with E-state index in [1.807, 2.05) is 24.8 Å². The van der Waals surface area contributed by atoms with Gasteiger partial charge in [0.2, 0.25) is 0 Å². The van der Waals surface area contributed by atoms with Crippen molar-refractivity contribution >= 4 is 11.0 Å². The van der Waals surface area contributed by atoms with E-state index < -0.39 is 0 Å². The maximum Gasteiger partial charge on any atom is 0.109 e. The highest BCUT2D eigenvalue weighted by molar-refractivity contribution is 5.77. The number of rotatable bonds is 12. The van der Waals surface area contributed by atoms with Crippen molar-refractivity contribution in [2.45, 2.75) is 77.2 Å². The normalized spacial score (nSPS) is 15.6. The quantitative estimate of drug-likeness (QED) is 0.276. The van der Waals surface area contributed by atoms with Crippen LogP contribution in [-0.4, -0.2) is 53.6 Å². The van der Waals surface area contributed by atoms with Crippen LogP contribution in [0.1, 0.15) is 74.4 Å². The largest absolute Gasteiger partial charge is 0.349 e. The molecule has 4 heterocycles. The van der Waals surface area contributed by atoms with Crippen molar-refractivity contribution in [3.63, 3.8) is 0 Å². The van der Waals surface area contributed by atoms with Gasteiger partial charge in [-0.15, -0.1) is 0 Å². The molecular weight excluding hydrogens is 446 g/mol. The second-order valence-corrected chi connectivity index (χ2v) is 10.4. The number of nitrogens with zero attached hydrogens (tertiary/aromatic N) is 6. The monoisotopic (exact) mass is 487 g/mol. The minimum Gasteiger partial charge on any atom is -0.349 e. The molecule has 1 unspecified atom stereocenters. The highest BCUT2D eigenvalue weighted by Crippen LogP contribution is 2.28. The number of piperidine rings is 1. The van der Waals surface area contributed by atoms with Crippen LogP contribution in [0.5, 0.6) is 0 Å². The summed E-state index contributed by atoms with van der Waals surface area (Å²) in [5.41, 5.74) is 3.72. The first-order chi connectivity index (χ1) is 17.7. The zero-order valence-electron chi connectivity index (χ0n) is 22.0. The molecule has 7 heteroatoms. The molecule has 0 bridgehead atoms. The number of nitrogens with one attached hydrogen (secondary N) is 1. The first-order valence-corrected chi connectivity index (χ1v) is 13.9. The minimum atomic E-state index is 0.291. The van der Waals surface area contributed by atoms with Gasteiger partial charge in [-0.25, -0.2) is 15.0 Å². The molecule has 0 saturated carbocycles. The molecule has 1 aliphatic heterocycles. The fourth-order valence-electron chi connectivity index (χ4n) is 5.67. The van der Waals surface area contributed by atoms with Gasteiger partial charge in [-0.3, -0.25) is 0 Å². The lowest BCUT2D eigenvalue weighted by molar-refractivity contribution is 0.224. The van der Waals surface area contributed by atoms with Crippen LogP contribution >= 0.6 is 0 Å². The summed E-state index contributed by atoms with van der Waals surface area (Å²) in [7, 11) is 2.07. The number of hydrogen-bond donors (Lipinski definition) is 1. The fraction of sp³-hybridized carbons (Fsp3) is 0.552. The molecule has 1 aromatic carbocycles. The smallest absolute Gasteiger partial charge is 0.109 e. The lowest BCUT2D eigenvalue weighted by atomic mass is 9.91. The van der Waals surface area contributed by atoms with E-state index in [4.69, 9.17) is 4.98 Å². The lowest BCUT2D eigenvalue weighted by Crippen LogP contribution is -2.30. The molecule has 1 N–H and O–H groups in total. The molecule has 0 radical (unpaired) electrons. The Morgan fingerprint density at radius 1 is 0.972 bits per heavy atom. The summed E-state index contributed by atoms with van der Waals surface area (Å²) >= 11 is 0. The molecule has 4 aromatic rings.